The van der Waals surface area contributed by atoms with E-state index in [-0.39, 0.29) is 5.91 Å². The first-order valence-corrected chi connectivity index (χ1v) is 9.26. The van der Waals surface area contributed by atoms with E-state index >= 15 is 0 Å². The van der Waals surface area contributed by atoms with E-state index < -0.39 is 0 Å². The van der Waals surface area contributed by atoms with E-state index in [0.29, 0.717) is 17.1 Å². The summed E-state index contributed by atoms with van der Waals surface area (Å²) in [7, 11) is 3.07. The molecule has 0 unspecified atom stereocenters. The van der Waals surface area contributed by atoms with Gasteiger partial charge in [-0.05, 0) is 51.1 Å². The molecule has 0 spiro atoms. The highest BCUT2D eigenvalue weighted by Crippen LogP contribution is 2.24. The molecule has 6 heteroatoms. The number of benzene rings is 2. The molecule has 0 aliphatic rings. The van der Waals surface area contributed by atoms with Gasteiger partial charge in [0.1, 0.15) is 11.5 Å². The molecule has 0 saturated carbocycles. The molecule has 1 N–H and O–H groups in total. The Labute approximate surface area is 170 Å². The second kappa shape index (κ2) is 8.65. The van der Waals surface area contributed by atoms with Crippen LogP contribution in [0.15, 0.2) is 53.6 Å². The number of aromatic nitrogens is 1. The number of ether oxygens (including phenoxy) is 2. The maximum Gasteiger partial charge on any atom is 0.275 e. The lowest BCUT2D eigenvalue weighted by atomic mass is 10.2. The molecule has 1 heterocycles. The average Bonchev–Trinajstić information content (AvgIpc) is 3.01. The number of hydrogen-bond acceptors (Lipinski definition) is 4. The summed E-state index contributed by atoms with van der Waals surface area (Å²) in [4.78, 5) is 12.5. The average molecular weight is 391 g/mol. The first-order valence-electron chi connectivity index (χ1n) is 9.26. The molecule has 0 bridgehead atoms. The van der Waals surface area contributed by atoms with Gasteiger partial charge in [0.2, 0.25) is 0 Å². The van der Waals surface area contributed by atoms with E-state index in [1.54, 1.807) is 31.5 Å². The van der Waals surface area contributed by atoms with Gasteiger partial charge in [-0.3, -0.25) is 4.79 Å². The van der Waals surface area contributed by atoms with E-state index in [2.05, 4.69) is 46.3 Å². The van der Waals surface area contributed by atoms with E-state index in [9.17, 15) is 4.79 Å². The molecule has 1 aromatic heterocycles. The summed E-state index contributed by atoms with van der Waals surface area (Å²) >= 11 is 0. The zero-order valence-electron chi connectivity index (χ0n) is 17.3. The van der Waals surface area contributed by atoms with Crippen LogP contribution in [0, 0.1) is 20.8 Å². The maximum absolute atomic E-state index is 12.5. The van der Waals surface area contributed by atoms with Gasteiger partial charge in [0.15, 0.2) is 0 Å². The molecular weight excluding hydrogens is 366 g/mol. The topological polar surface area (TPSA) is 64.8 Å². The summed E-state index contributed by atoms with van der Waals surface area (Å²) in [6.07, 6.45) is 1.65. The summed E-state index contributed by atoms with van der Waals surface area (Å²) in [5.74, 6) is 0.688. The highest BCUT2D eigenvalue weighted by Gasteiger charge is 2.13. The molecule has 150 valence electrons. The minimum atomic E-state index is -0.354. The van der Waals surface area contributed by atoms with Crippen molar-refractivity contribution in [1.82, 2.24) is 9.99 Å². The molecule has 6 nitrogen and oxygen atoms in total. The Kier molecular flexibility index (Phi) is 6.02. The van der Waals surface area contributed by atoms with E-state index in [1.807, 2.05) is 19.9 Å². The van der Waals surface area contributed by atoms with E-state index in [1.165, 1.54) is 12.7 Å². The quantitative estimate of drug-likeness (QED) is 0.506. The van der Waals surface area contributed by atoms with Crippen LogP contribution in [0.25, 0.3) is 5.69 Å². The maximum atomic E-state index is 12.5. The lowest BCUT2D eigenvalue weighted by Gasteiger charge is -2.10. The van der Waals surface area contributed by atoms with Crippen LogP contribution in [0.5, 0.6) is 11.5 Å². The van der Waals surface area contributed by atoms with Crippen molar-refractivity contribution in [2.75, 3.05) is 14.2 Å². The van der Waals surface area contributed by atoms with Crippen LogP contribution in [-0.4, -0.2) is 30.9 Å². The van der Waals surface area contributed by atoms with Crippen molar-refractivity contribution in [2.45, 2.75) is 20.8 Å². The molecule has 0 atom stereocenters. The van der Waals surface area contributed by atoms with Crippen molar-refractivity contribution in [3.63, 3.8) is 0 Å². The van der Waals surface area contributed by atoms with Crippen molar-refractivity contribution in [3.8, 4) is 17.2 Å². The number of carbonyl (C=O) groups is 1. The summed E-state index contributed by atoms with van der Waals surface area (Å²) in [6, 6.07) is 15.4. The van der Waals surface area contributed by atoms with Crippen LogP contribution in [-0.2, 0) is 0 Å². The molecule has 2 aromatic carbocycles. The molecule has 3 aromatic rings. The minimum absolute atomic E-state index is 0.354. The molecule has 0 fully saturated rings. The van der Waals surface area contributed by atoms with Gasteiger partial charge in [-0.15, -0.1) is 0 Å². The summed E-state index contributed by atoms with van der Waals surface area (Å²) in [5, 5.41) is 4.13. The summed E-state index contributed by atoms with van der Waals surface area (Å²) in [5.41, 5.74) is 8.34. The predicted octanol–water partition coefficient (Wildman–Crippen LogP) is 4.18. The number of amides is 1. The van der Waals surface area contributed by atoms with Crippen molar-refractivity contribution < 1.29 is 14.3 Å². The van der Waals surface area contributed by atoms with Crippen LogP contribution in [0.4, 0.5) is 0 Å². The lowest BCUT2D eigenvalue weighted by Crippen LogP contribution is -2.18. The van der Waals surface area contributed by atoms with E-state index in [0.717, 1.165) is 22.6 Å². The van der Waals surface area contributed by atoms with Gasteiger partial charge in [0, 0.05) is 28.7 Å². The Hall–Kier alpha value is -3.54. The molecule has 0 aliphatic heterocycles. The summed E-state index contributed by atoms with van der Waals surface area (Å²) in [6.45, 7) is 6.14. The number of nitrogens with one attached hydrogen (secondary N) is 1. The van der Waals surface area contributed by atoms with Gasteiger partial charge in [-0.25, -0.2) is 5.43 Å². The van der Waals surface area contributed by atoms with Gasteiger partial charge < -0.3 is 14.0 Å². The van der Waals surface area contributed by atoms with E-state index in [4.69, 9.17) is 9.47 Å². The smallest absolute Gasteiger partial charge is 0.275 e. The molecular formula is C23H25N3O3. The van der Waals surface area contributed by atoms with Gasteiger partial charge in [-0.1, -0.05) is 17.7 Å². The van der Waals surface area contributed by atoms with Crippen molar-refractivity contribution >= 4 is 12.1 Å². The monoisotopic (exact) mass is 391 g/mol. The van der Waals surface area contributed by atoms with Gasteiger partial charge in [0.25, 0.3) is 5.91 Å². The molecule has 0 radical (unpaired) electrons. The van der Waals surface area contributed by atoms with Gasteiger partial charge >= 0.3 is 0 Å². The van der Waals surface area contributed by atoms with Crippen LogP contribution < -0.4 is 14.9 Å². The number of aryl methyl sites for hydroxylation is 2. The van der Waals surface area contributed by atoms with Crippen LogP contribution in [0.3, 0.4) is 0 Å². The van der Waals surface area contributed by atoms with Gasteiger partial charge in [0.05, 0.1) is 26.0 Å². The normalized spacial score (nSPS) is 10.9. The second-order valence-electron chi connectivity index (χ2n) is 6.76. The first kappa shape index (κ1) is 20.2. The highest BCUT2D eigenvalue weighted by molar-refractivity contribution is 5.97. The number of hydrogen-bond donors (Lipinski definition) is 1. The lowest BCUT2D eigenvalue weighted by molar-refractivity contribution is 0.0952. The standard InChI is InChI=1S/C23H25N3O3/c1-15-6-8-19(9-7-15)26-16(2)12-18(17(26)3)14-24-25-23(27)21-11-10-20(28-4)13-22(21)29-5/h6-14H,1-5H3,(H,25,27)/b24-14-. The third-order valence-electron chi connectivity index (χ3n) is 4.79. The Balaban J connectivity index is 1.78. The van der Waals surface area contributed by atoms with Gasteiger partial charge in [-0.2, -0.15) is 5.10 Å². The predicted molar refractivity (Wildman–Crippen MR) is 115 cm³/mol. The SMILES string of the molecule is COc1ccc(C(=O)N/N=C\c2cc(C)n(-c3ccc(C)cc3)c2C)c(OC)c1. The third kappa shape index (κ3) is 4.32. The molecule has 29 heavy (non-hydrogen) atoms. The second-order valence-corrected chi connectivity index (χ2v) is 6.76. The number of methoxy groups -OCH3 is 2. The van der Waals surface area contributed by atoms with Crippen molar-refractivity contribution in [1.29, 1.82) is 0 Å². The Morgan fingerprint density at radius 2 is 1.72 bits per heavy atom. The van der Waals surface area contributed by atoms with Crippen LogP contribution in [0.2, 0.25) is 0 Å². The number of carbonyl (C=O) groups excluding carboxylic acids is 1. The highest BCUT2D eigenvalue weighted by atomic mass is 16.5. The Morgan fingerprint density at radius 1 is 1.00 bits per heavy atom. The third-order valence-corrected chi connectivity index (χ3v) is 4.79. The fraction of sp³-hybridized carbons (Fsp3) is 0.217. The number of hydrazone groups is 1. The van der Waals surface area contributed by atoms with Crippen molar-refractivity contribution in [3.05, 3.63) is 76.6 Å². The zero-order valence-corrected chi connectivity index (χ0v) is 17.3. The minimum Gasteiger partial charge on any atom is -0.497 e. The Morgan fingerprint density at radius 3 is 2.38 bits per heavy atom. The van der Waals surface area contributed by atoms with Crippen molar-refractivity contribution in [2.24, 2.45) is 5.10 Å². The molecule has 3 rings (SSSR count). The first-order chi connectivity index (χ1) is 13.9. The fourth-order valence-corrected chi connectivity index (χ4v) is 3.22. The van der Waals surface area contributed by atoms with Crippen LogP contribution >= 0.6 is 0 Å². The largest absolute Gasteiger partial charge is 0.497 e. The molecule has 1 amide bonds. The molecule has 0 saturated heterocycles. The van der Waals surface area contributed by atoms with Crippen LogP contribution in [0.1, 0.15) is 32.9 Å². The number of nitrogens with zero attached hydrogens (tertiary/aromatic N) is 2. The number of rotatable bonds is 6. The molecule has 0 aliphatic carbocycles. The summed E-state index contributed by atoms with van der Waals surface area (Å²) < 4.78 is 12.6. The fourth-order valence-electron chi connectivity index (χ4n) is 3.22. The Bertz CT molecular complexity index is 1050. The zero-order chi connectivity index (χ0) is 21.0.